The van der Waals surface area contributed by atoms with Crippen LogP contribution in [0.3, 0.4) is 0 Å². The first-order valence-electron chi connectivity index (χ1n) is 10.8. The minimum Gasteiger partial charge on any atom is -0.455 e. The number of carbonyl (C=O) groups is 1. The largest absolute Gasteiger partial charge is 0.455 e. The van der Waals surface area contributed by atoms with Crippen molar-refractivity contribution < 1.29 is 9.21 Å². The molecule has 2 aromatic carbocycles. The summed E-state index contributed by atoms with van der Waals surface area (Å²) in [6.45, 7) is 6.11. The molecule has 174 valence electrons. The van der Waals surface area contributed by atoms with Gasteiger partial charge in [0.25, 0.3) is 5.91 Å². The third-order valence-corrected chi connectivity index (χ3v) is 5.55. The fourth-order valence-corrected chi connectivity index (χ4v) is 4.00. The van der Waals surface area contributed by atoms with Crippen LogP contribution >= 0.6 is 12.2 Å². The minimum atomic E-state index is -0.329. The van der Waals surface area contributed by atoms with E-state index in [4.69, 9.17) is 22.4 Å². The van der Waals surface area contributed by atoms with Crippen molar-refractivity contribution in [2.24, 2.45) is 26.5 Å². The van der Waals surface area contributed by atoms with Crippen LogP contribution in [0.15, 0.2) is 74.3 Å². The van der Waals surface area contributed by atoms with E-state index in [1.54, 1.807) is 24.3 Å². The normalized spacial score (nSPS) is 15.8. The molecular weight excluding hydrogens is 448 g/mol. The van der Waals surface area contributed by atoms with E-state index in [1.807, 2.05) is 37.3 Å². The molecular formula is C25H26N6O2S. The van der Waals surface area contributed by atoms with Crippen molar-refractivity contribution in [3.63, 3.8) is 0 Å². The molecule has 0 aliphatic heterocycles. The smallest absolute Gasteiger partial charge is 0.291 e. The fourth-order valence-electron chi connectivity index (χ4n) is 3.96. The number of nitrogens with zero attached hydrogens (tertiary/aromatic N) is 3. The van der Waals surface area contributed by atoms with Gasteiger partial charge in [0.15, 0.2) is 10.9 Å². The standard InChI is InChI=1S/C25H26N6O2S/c1-15-21-19(30-31-24(26)34)13-25(2,3)14-20(21)33-22(15)23(32)27-16-9-11-18(12-10-16)29-28-17-7-5-4-6-8-17/h4-12H,13-14H2,1-3H3,(H,27,32)(H3,26,31,34). The van der Waals surface area contributed by atoms with E-state index in [9.17, 15) is 4.79 Å². The molecule has 4 N–H and O–H groups in total. The van der Waals surface area contributed by atoms with Gasteiger partial charge in [-0.05, 0) is 67.4 Å². The molecule has 8 nitrogen and oxygen atoms in total. The monoisotopic (exact) mass is 474 g/mol. The number of furan rings is 1. The van der Waals surface area contributed by atoms with E-state index in [2.05, 4.69) is 39.9 Å². The van der Waals surface area contributed by atoms with Crippen LogP contribution in [0.1, 0.15) is 47.7 Å². The third-order valence-electron chi connectivity index (χ3n) is 5.46. The van der Waals surface area contributed by atoms with Gasteiger partial charge in [0.1, 0.15) is 5.76 Å². The number of hydrogen-bond donors (Lipinski definition) is 3. The Labute approximate surface area is 203 Å². The molecule has 0 radical (unpaired) electrons. The maximum atomic E-state index is 13.0. The van der Waals surface area contributed by atoms with Crippen LogP contribution in [-0.4, -0.2) is 16.7 Å². The number of nitrogens with two attached hydrogens (primary N) is 1. The van der Waals surface area contributed by atoms with Crippen LogP contribution in [0, 0.1) is 12.3 Å². The molecule has 0 saturated heterocycles. The summed E-state index contributed by atoms with van der Waals surface area (Å²) in [4.78, 5) is 13.0. The van der Waals surface area contributed by atoms with Crippen LogP contribution in [0.25, 0.3) is 0 Å². The quantitative estimate of drug-likeness (QED) is 0.247. The molecule has 1 aliphatic carbocycles. The van der Waals surface area contributed by atoms with Crippen LogP contribution in [0.4, 0.5) is 17.1 Å². The number of carbonyl (C=O) groups excluding carboxylic acids is 1. The number of thiocarbonyl (C=S) groups is 1. The molecule has 4 rings (SSSR count). The van der Waals surface area contributed by atoms with Crippen molar-refractivity contribution in [2.75, 3.05) is 5.32 Å². The highest BCUT2D eigenvalue weighted by Gasteiger charge is 2.36. The van der Waals surface area contributed by atoms with E-state index >= 15 is 0 Å². The number of amides is 1. The average Bonchev–Trinajstić information content (AvgIpc) is 3.12. The van der Waals surface area contributed by atoms with E-state index in [-0.39, 0.29) is 22.2 Å². The van der Waals surface area contributed by atoms with Gasteiger partial charge in [-0.1, -0.05) is 32.0 Å². The summed E-state index contributed by atoms with van der Waals surface area (Å²) >= 11 is 4.88. The number of rotatable bonds is 5. The van der Waals surface area contributed by atoms with Gasteiger partial charge in [-0.2, -0.15) is 15.3 Å². The van der Waals surface area contributed by atoms with E-state index in [0.29, 0.717) is 24.2 Å². The molecule has 9 heteroatoms. The van der Waals surface area contributed by atoms with E-state index < -0.39 is 0 Å². The fraction of sp³-hybridized carbons (Fsp3) is 0.240. The number of nitrogens with one attached hydrogen (secondary N) is 2. The molecule has 0 atom stereocenters. The van der Waals surface area contributed by atoms with Crippen molar-refractivity contribution in [1.82, 2.24) is 5.43 Å². The molecule has 1 heterocycles. The van der Waals surface area contributed by atoms with Crippen molar-refractivity contribution in [1.29, 1.82) is 0 Å². The van der Waals surface area contributed by atoms with Crippen LogP contribution in [0.5, 0.6) is 0 Å². The maximum Gasteiger partial charge on any atom is 0.291 e. The lowest BCUT2D eigenvalue weighted by atomic mass is 9.75. The summed E-state index contributed by atoms with van der Waals surface area (Å²) in [6.07, 6.45) is 1.40. The number of hydrazone groups is 1. The Morgan fingerprint density at radius 3 is 2.32 bits per heavy atom. The predicted molar refractivity (Wildman–Crippen MR) is 137 cm³/mol. The number of fused-ring (bicyclic) bond motifs is 1. The Kier molecular flexibility index (Phi) is 6.56. The zero-order chi connectivity index (χ0) is 24.3. The summed E-state index contributed by atoms with van der Waals surface area (Å²) in [5.74, 6) is 0.669. The van der Waals surface area contributed by atoms with Crippen molar-refractivity contribution in [3.8, 4) is 0 Å². The summed E-state index contributed by atoms with van der Waals surface area (Å²) in [5.41, 5.74) is 12.6. The third kappa shape index (κ3) is 5.37. The molecule has 1 aliphatic rings. The summed E-state index contributed by atoms with van der Waals surface area (Å²) in [7, 11) is 0. The Balaban J connectivity index is 1.52. The number of hydrogen-bond acceptors (Lipinski definition) is 6. The Bertz CT molecular complexity index is 1280. The predicted octanol–water partition coefficient (Wildman–Crippen LogP) is 5.77. The first-order valence-corrected chi connectivity index (χ1v) is 11.3. The molecule has 1 aromatic heterocycles. The first kappa shape index (κ1) is 23.3. The summed E-state index contributed by atoms with van der Waals surface area (Å²) in [6, 6.07) is 16.6. The Hall–Kier alpha value is -3.85. The highest BCUT2D eigenvalue weighted by Crippen LogP contribution is 2.39. The molecule has 0 unspecified atom stereocenters. The zero-order valence-corrected chi connectivity index (χ0v) is 20.1. The van der Waals surface area contributed by atoms with E-state index in [0.717, 1.165) is 28.3 Å². The lowest BCUT2D eigenvalue weighted by molar-refractivity contribution is 0.0993. The topological polar surface area (TPSA) is 117 Å². The van der Waals surface area contributed by atoms with Gasteiger partial charge in [-0.15, -0.1) is 0 Å². The van der Waals surface area contributed by atoms with E-state index in [1.165, 1.54) is 0 Å². The van der Waals surface area contributed by atoms with Crippen LogP contribution in [-0.2, 0) is 6.42 Å². The Morgan fingerprint density at radius 2 is 1.68 bits per heavy atom. The van der Waals surface area contributed by atoms with Gasteiger partial charge in [0.2, 0.25) is 0 Å². The summed E-state index contributed by atoms with van der Waals surface area (Å²) in [5, 5.41) is 15.8. The number of benzene rings is 2. The SMILES string of the molecule is Cc1c(C(=O)Nc2ccc(N=Nc3ccccc3)cc2)oc2c1C(=NNC(N)=S)CC(C)(C)C2. The maximum absolute atomic E-state index is 13.0. The van der Waals surface area contributed by atoms with Gasteiger partial charge < -0.3 is 15.5 Å². The highest BCUT2D eigenvalue weighted by atomic mass is 32.1. The van der Waals surface area contributed by atoms with Gasteiger partial charge in [0, 0.05) is 23.2 Å². The lowest BCUT2D eigenvalue weighted by Gasteiger charge is -2.29. The highest BCUT2D eigenvalue weighted by molar-refractivity contribution is 7.80. The van der Waals surface area contributed by atoms with Crippen molar-refractivity contribution in [2.45, 2.75) is 33.6 Å². The van der Waals surface area contributed by atoms with Gasteiger partial charge >= 0.3 is 0 Å². The molecule has 3 aromatic rings. The molecule has 0 bridgehead atoms. The first-order chi connectivity index (χ1) is 16.2. The average molecular weight is 475 g/mol. The molecule has 0 spiro atoms. The summed E-state index contributed by atoms with van der Waals surface area (Å²) < 4.78 is 6.04. The van der Waals surface area contributed by atoms with Crippen molar-refractivity contribution >= 4 is 46.0 Å². The molecule has 0 fully saturated rings. The second kappa shape index (κ2) is 9.56. The Morgan fingerprint density at radius 1 is 1.03 bits per heavy atom. The number of anilines is 1. The van der Waals surface area contributed by atoms with Crippen LogP contribution < -0.4 is 16.5 Å². The van der Waals surface area contributed by atoms with Gasteiger partial charge in [0.05, 0.1) is 17.1 Å². The second-order valence-corrected chi connectivity index (χ2v) is 9.38. The van der Waals surface area contributed by atoms with Gasteiger partial charge in [-0.25, -0.2) is 0 Å². The minimum absolute atomic E-state index is 0.0775. The van der Waals surface area contributed by atoms with Crippen molar-refractivity contribution in [3.05, 3.63) is 77.2 Å². The zero-order valence-electron chi connectivity index (χ0n) is 19.3. The lowest BCUT2D eigenvalue weighted by Crippen LogP contribution is -2.31. The molecule has 34 heavy (non-hydrogen) atoms. The molecule has 0 saturated carbocycles. The van der Waals surface area contributed by atoms with Gasteiger partial charge in [-0.3, -0.25) is 10.2 Å². The number of azo groups is 1. The second-order valence-electron chi connectivity index (χ2n) is 8.94. The van der Waals surface area contributed by atoms with Crippen LogP contribution in [0.2, 0.25) is 0 Å². The molecule has 1 amide bonds.